The number of halogens is 4. The molecule has 0 radical (unpaired) electrons. The first-order valence-corrected chi connectivity index (χ1v) is 13.1. The minimum atomic E-state index is -4.62. The average molecular weight is 568 g/mol. The topological polar surface area (TPSA) is 88.5 Å². The second-order valence-electron chi connectivity index (χ2n) is 8.64. The molecule has 0 saturated heterocycles. The second kappa shape index (κ2) is 11.1. The summed E-state index contributed by atoms with van der Waals surface area (Å²) in [6.07, 6.45) is -3.30. The van der Waals surface area contributed by atoms with Crippen LogP contribution in [0.4, 0.5) is 13.2 Å². The zero-order valence-electron chi connectivity index (χ0n) is 20.7. The van der Waals surface area contributed by atoms with Crippen molar-refractivity contribution in [3.8, 4) is 5.69 Å². The van der Waals surface area contributed by atoms with E-state index in [0.29, 0.717) is 5.56 Å². The Hall–Kier alpha value is -3.41. The van der Waals surface area contributed by atoms with Crippen LogP contribution in [-0.4, -0.2) is 43.3 Å². The number of pyridine rings is 1. The molecule has 3 rings (SSSR count). The normalized spacial score (nSPS) is 12.8. The Morgan fingerprint density at radius 1 is 1.16 bits per heavy atom. The zero-order valence-corrected chi connectivity index (χ0v) is 22.3. The monoisotopic (exact) mass is 567 g/mol. The molecule has 1 amide bonds. The van der Waals surface area contributed by atoms with Gasteiger partial charge in [-0.2, -0.15) is 13.2 Å². The lowest BCUT2D eigenvalue weighted by atomic mass is 10.1. The number of amides is 1. The highest BCUT2D eigenvalue weighted by Gasteiger charge is 2.31. The van der Waals surface area contributed by atoms with Gasteiger partial charge in [-0.05, 0) is 63.0 Å². The fourth-order valence-electron chi connectivity index (χ4n) is 3.80. The van der Waals surface area contributed by atoms with Gasteiger partial charge in [0.05, 0.1) is 15.5 Å². The molecule has 1 N–H and O–H groups in total. The molecule has 0 aliphatic rings. The maximum absolute atomic E-state index is 13.2. The summed E-state index contributed by atoms with van der Waals surface area (Å²) in [4.78, 5) is 27.6. The first-order chi connectivity index (χ1) is 17.7. The van der Waals surface area contributed by atoms with Crippen molar-refractivity contribution in [2.75, 3.05) is 14.1 Å². The number of nitrogens with zero attached hydrogens (tertiary/aromatic N) is 2. The molecule has 0 spiro atoms. The van der Waals surface area contributed by atoms with Gasteiger partial charge in [0, 0.05) is 17.9 Å². The van der Waals surface area contributed by atoms with Crippen molar-refractivity contribution in [1.82, 2.24) is 14.8 Å². The van der Waals surface area contributed by atoms with Gasteiger partial charge in [-0.1, -0.05) is 35.9 Å². The summed E-state index contributed by atoms with van der Waals surface area (Å²) in [5.74, 6) is -0.798. The van der Waals surface area contributed by atoms with Crippen molar-refractivity contribution in [3.05, 3.63) is 105 Å². The van der Waals surface area contributed by atoms with Crippen LogP contribution < -0.4 is 10.9 Å². The minimum absolute atomic E-state index is 0.0133. The van der Waals surface area contributed by atoms with E-state index in [2.05, 4.69) is 11.9 Å². The van der Waals surface area contributed by atoms with Crippen molar-refractivity contribution < 1.29 is 26.4 Å². The highest BCUT2D eigenvalue weighted by Crippen LogP contribution is 2.30. The van der Waals surface area contributed by atoms with E-state index in [4.69, 9.17) is 11.6 Å². The lowest BCUT2D eigenvalue weighted by Crippen LogP contribution is -2.34. The number of aromatic nitrogens is 1. The lowest BCUT2D eigenvalue weighted by molar-refractivity contribution is -0.137. The predicted octanol–water partition coefficient (Wildman–Crippen LogP) is 4.60. The second-order valence-corrected chi connectivity index (χ2v) is 11.1. The summed E-state index contributed by atoms with van der Waals surface area (Å²) in [6.45, 7) is 4.98. The smallest absolute Gasteiger partial charge is 0.348 e. The van der Waals surface area contributed by atoms with E-state index >= 15 is 0 Å². The summed E-state index contributed by atoms with van der Waals surface area (Å²) in [5.41, 5.74) is -1.54. The van der Waals surface area contributed by atoms with Crippen LogP contribution in [0.3, 0.4) is 0 Å². The van der Waals surface area contributed by atoms with Crippen LogP contribution in [0.2, 0.25) is 5.02 Å². The van der Waals surface area contributed by atoms with Crippen LogP contribution in [0.1, 0.15) is 27.2 Å². The molecule has 1 aromatic heterocycles. The van der Waals surface area contributed by atoms with Crippen LogP contribution in [0.15, 0.2) is 76.9 Å². The number of alkyl halides is 3. The van der Waals surface area contributed by atoms with Gasteiger partial charge in [0.25, 0.3) is 11.5 Å². The number of nitrogens with one attached hydrogen (secondary N) is 1. The molecule has 0 saturated carbocycles. The molecule has 1 unspecified atom stereocenters. The lowest BCUT2D eigenvalue weighted by Gasteiger charge is -2.21. The molecule has 38 heavy (non-hydrogen) atoms. The van der Waals surface area contributed by atoms with Crippen LogP contribution in [0, 0.1) is 6.92 Å². The average Bonchev–Trinajstić information content (AvgIpc) is 2.85. The summed E-state index contributed by atoms with van der Waals surface area (Å²) < 4.78 is 66.1. The van der Waals surface area contributed by atoms with E-state index in [1.54, 1.807) is 14.1 Å². The number of benzene rings is 2. The Morgan fingerprint density at radius 2 is 1.79 bits per heavy atom. The fourth-order valence-corrected chi connectivity index (χ4v) is 5.59. The Kier molecular flexibility index (Phi) is 8.55. The molecule has 0 bridgehead atoms. The van der Waals surface area contributed by atoms with Crippen molar-refractivity contribution in [3.63, 3.8) is 0 Å². The standard InChI is InChI=1S/C26H25ClF3N3O4S/c1-5-23(32(3)4)38(36,37)20-11-9-17(10-12-20)15-31-24(34)21-14-22(27)16(2)33(25(21)35)19-8-6-7-18(13-19)26(28,29)30/h5-14,23H,1,15H2,2-4H3,(H,31,34). The first-order valence-electron chi connectivity index (χ1n) is 11.2. The maximum atomic E-state index is 13.2. The van der Waals surface area contributed by atoms with Crippen molar-refractivity contribution in [2.45, 2.75) is 29.9 Å². The number of rotatable bonds is 8. The highest BCUT2D eigenvalue weighted by molar-refractivity contribution is 7.92. The third kappa shape index (κ3) is 6.01. The molecule has 7 nitrogen and oxygen atoms in total. The van der Waals surface area contributed by atoms with Crippen LogP contribution >= 0.6 is 11.6 Å². The van der Waals surface area contributed by atoms with E-state index in [-0.39, 0.29) is 33.4 Å². The molecule has 0 aliphatic heterocycles. The largest absolute Gasteiger partial charge is 0.416 e. The van der Waals surface area contributed by atoms with Gasteiger partial charge >= 0.3 is 6.18 Å². The molecule has 0 fully saturated rings. The van der Waals surface area contributed by atoms with E-state index in [9.17, 15) is 31.2 Å². The molecular formula is C26H25ClF3N3O4S. The number of sulfone groups is 1. The molecular weight excluding hydrogens is 543 g/mol. The molecule has 1 heterocycles. The van der Waals surface area contributed by atoms with Gasteiger partial charge in [0.1, 0.15) is 10.9 Å². The van der Waals surface area contributed by atoms with Gasteiger partial charge in [-0.15, -0.1) is 6.58 Å². The van der Waals surface area contributed by atoms with Crippen molar-refractivity contribution >= 4 is 27.3 Å². The number of likely N-dealkylation sites (N-methyl/N-ethyl adjacent to an activating group) is 1. The summed E-state index contributed by atoms with van der Waals surface area (Å²) in [6, 6.07) is 11.1. The third-order valence-corrected chi connectivity index (χ3v) is 8.36. The Balaban J connectivity index is 1.87. The van der Waals surface area contributed by atoms with E-state index in [1.165, 1.54) is 48.2 Å². The van der Waals surface area contributed by atoms with Crippen LogP contribution in [0.5, 0.6) is 0 Å². The predicted molar refractivity (Wildman–Crippen MR) is 139 cm³/mol. The Bertz CT molecular complexity index is 1530. The first kappa shape index (κ1) is 29.2. The maximum Gasteiger partial charge on any atom is 0.416 e. The molecule has 2 aromatic carbocycles. The molecule has 202 valence electrons. The molecule has 0 aliphatic carbocycles. The molecule has 1 atom stereocenters. The summed E-state index contributed by atoms with van der Waals surface area (Å²) in [7, 11) is -0.474. The summed E-state index contributed by atoms with van der Waals surface area (Å²) >= 11 is 6.22. The van der Waals surface area contributed by atoms with Gasteiger partial charge in [-0.25, -0.2) is 8.42 Å². The van der Waals surface area contributed by atoms with E-state index in [1.807, 2.05) is 0 Å². The minimum Gasteiger partial charge on any atom is -0.348 e. The Morgan fingerprint density at radius 3 is 2.34 bits per heavy atom. The van der Waals surface area contributed by atoms with Crippen LogP contribution in [-0.2, 0) is 22.6 Å². The molecule has 12 heteroatoms. The van der Waals surface area contributed by atoms with E-state index in [0.717, 1.165) is 28.8 Å². The van der Waals surface area contributed by atoms with E-state index < -0.39 is 38.4 Å². The number of carbonyl (C=O) groups excluding carboxylic acids is 1. The number of hydrogen-bond donors (Lipinski definition) is 1. The van der Waals surface area contributed by atoms with Crippen LogP contribution in [0.25, 0.3) is 5.69 Å². The zero-order chi connectivity index (χ0) is 28.4. The quantitative estimate of drug-likeness (QED) is 0.402. The van der Waals surface area contributed by atoms with Gasteiger partial charge in [0.2, 0.25) is 0 Å². The summed E-state index contributed by atoms with van der Waals surface area (Å²) in [5, 5.41) is 1.66. The Labute approximate surface area is 223 Å². The van der Waals surface area contributed by atoms with Gasteiger partial charge in [-0.3, -0.25) is 19.1 Å². The fraction of sp³-hybridized carbons (Fsp3) is 0.231. The molecule has 3 aromatic rings. The SMILES string of the molecule is C=CC(N(C)C)S(=O)(=O)c1ccc(CNC(=O)c2cc(Cl)c(C)n(-c3cccc(C(F)(F)F)c3)c2=O)cc1. The number of carbonyl (C=O) groups is 1. The van der Waals surface area contributed by atoms with Crippen molar-refractivity contribution in [2.24, 2.45) is 0 Å². The van der Waals surface area contributed by atoms with Gasteiger partial charge < -0.3 is 5.32 Å². The number of hydrogen-bond acceptors (Lipinski definition) is 5. The van der Waals surface area contributed by atoms with Gasteiger partial charge in [0.15, 0.2) is 9.84 Å². The van der Waals surface area contributed by atoms with Crippen molar-refractivity contribution in [1.29, 1.82) is 0 Å². The third-order valence-electron chi connectivity index (χ3n) is 5.80. The highest BCUT2D eigenvalue weighted by atomic mass is 35.5.